The van der Waals surface area contributed by atoms with Gasteiger partial charge in [-0.1, -0.05) is 0 Å². The monoisotopic (exact) mass is 129 g/mol. The Morgan fingerprint density at radius 1 is 1.67 bits per heavy atom. The summed E-state index contributed by atoms with van der Waals surface area (Å²) in [6, 6.07) is 0. The fraction of sp³-hybridized carbons (Fsp3) is 1.00. The first-order valence-corrected chi connectivity index (χ1v) is 3.30. The summed E-state index contributed by atoms with van der Waals surface area (Å²) in [5, 5.41) is 0. The molecule has 9 heavy (non-hydrogen) atoms. The van der Waals surface area contributed by atoms with Gasteiger partial charge >= 0.3 is 0 Å². The molecule has 2 saturated heterocycles. The molecule has 2 bridgehead atoms. The molecule has 0 aromatic heterocycles. The fourth-order valence-electron chi connectivity index (χ4n) is 1.48. The van der Waals surface area contributed by atoms with Gasteiger partial charge in [0.25, 0.3) is 0 Å². The average molecular weight is 129 g/mol. The normalized spacial score (nSPS) is 48.3. The molecule has 2 aliphatic heterocycles. The van der Waals surface area contributed by atoms with Gasteiger partial charge in [0, 0.05) is 13.0 Å². The zero-order chi connectivity index (χ0) is 6.32. The van der Waals surface area contributed by atoms with Crippen molar-refractivity contribution in [3.63, 3.8) is 0 Å². The molecule has 2 N–H and O–H groups in total. The number of ether oxygens (including phenoxy) is 2. The van der Waals surface area contributed by atoms with Crippen LogP contribution in [0.25, 0.3) is 0 Å². The Labute approximate surface area is 54.1 Å². The van der Waals surface area contributed by atoms with Gasteiger partial charge in [-0.2, -0.15) is 0 Å². The van der Waals surface area contributed by atoms with Gasteiger partial charge in [-0.15, -0.1) is 0 Å². The summed E-state index contributed by atoms with van der Waals surface area (Å²) in [5.74, 6) is 0. The second-order valence-electron chi connectivity index (χ2n) is 2.84. The zero-order valence-corrected chi connectivity index (χ0v) is 5.30. The minimum Gasteiger partial charge on any atom is -0.373 e. The van der Waals surface area contributed by atoms with E-state index in [1.165, 1.54) is 0 Å². The van der Waals surface area contributed by atoms with Gasteiger partial charge in [0.2, 0.25) is 0 Å². The van der Waals surface area contributed by atoms with E-state index in [1.54, 1.807) is 0 Å². The Hall–Kier alpha value is -0.120. The lowest BCUT2D eigenvalue weighted by Gasteiger charge is -2.23. The number of rotatable bonds is 1. The highest BCUT2D eigenvalue weighted by Gasteiger charge is 2.46. The molecule has 3 heteroatoms. The zero-order valence-electron chi connectivity index (χ0n) is 5.30. The molecular formula is C6H11NO2. The van der Waals surface area contributed by atoms with Crippen LogP contribution in [0, 0.1) is 0 Å². The van der Waals surface area contributed by atoms with Gasteiger partial charge in [-0.25, -0.2) is 0 Å². The summed E-state index contributed by atoms with van der Waals surface area (Å²) < 4.78 is 10.8. The van der Waals surface area contributed by atoms with E-state index in [1.807, 2.05) is 0 Å². The molecule has 0 spiro atoms. The van der Waals surface area contributed by atoms with E-state index >= 15 is 0 Å². The van der Waals surface area contributed by atoms with Crippen molar-refractivity contribution in [2.24, 2.45) is 5.73 Å². The summed E-state index contributed by atoms with van der Waals surface area (Å²) in [6.07, 6.45) is 1.34. The predicted molar refractivity (Wildman–Crippen MR) is 32.1 cm³/mol. The summed E-state index contributed by atoms with van der Waals surface area (Å²) in [7, 11) is 0. The maximum Gasteiger partial charge on any atom is 0.106 e. The molecule has 0 amide bonds. The van der Waals surface area contributed by atoms with E-state index in [2.05, 4.69) is 0 Å². The highest BCUT2D eigenvalue weighted by Crippen LogP contribution is 2.33. The molecule has 0 aliphatic carbocycles. The number of hydrogen-bond donors (Lipinski definition) is 1. The molecule has 2 aliphatic rings. The van der Waals surface area contributed by atoms with Crippen LogP contribution in [0.3, 0.4) is 0 Å². The van der Waals surface area contributed by atoms with Gasteiger partial charge < -0.3 is 15.2 Å². The van der Waals surface area contributed by atoms with Crippen LogP contribution in [0.4, 0.5) is 0 Å². The van der Waals surface area contributed by atoms with E-state index in [9.17, 15) is 0 Å². The first-order valence-electron chi connectivity index (χ1n) is 3.30. The standard InChI is InChI=1S/C6H11NO2/c7-3-6-1-5(2-9-6)8-4-6/h5H,1-4,7H2. The molecule has 0 saturated carbocycles. The van der Waals surface area contributed by atoms with E-state index in [0.717, 1.165) is 13.0 Å². The lowest BCUT2D eigenvalue weighted by molar-refractivity contribution is -0.0892. The topological polar surface area (TPSA) is 44.5 Å². The molecular weight excluding hydrogens is 118 g/mol. The van der Waals surface area contributed by atoms with Crippen LogP contribution in [0.1, 0.15) is 6.42 Å². The van der Waals surface area contributed by atoms with Gasteiger partial charge in [0.1, 0.15) is 5.60 Å². The van der Waals surface area contributed by atoms with Crippen LogP contribution < -0.4 is 5.73 Å². The highest BCUT2D eigenvalue weighted by atomic mass is 16.6. The van der Waals surface area contributed by atoms with Crippen LogP contribution >= 0.6 is 0 Å². The molecule has 2 unspecified atom stereocenters. The molecule has 2 fully saturated rings. The Bertz CT molecular complexity index is 118. The summed E-state index contributed by atoms with van der Waals surface area (Å²) in [5.41, 5.74) is 5.41. The van der Waals surface area contributed by atoms with E-state index < -0.39 is 0 Å². The van der Waals surface area contributed by atoms with Crippen LogP contribution in [-0.4, -0.2) is 31.5 Å². The average Bonchev–Trinajstić information content (AvgIpc) is 2.46. The van der Waals surface area contributed by atoms with Crippen LogP contribution in [0.5, 0.6) is 0 Å². The van der Waals surface area contributed by atoms with Crippen LogP contribution in [0.15, 0.2) is 0 Å². The minimum absolute atomic E-state index is 0.0926. The largest absolute Gasteiger partial charge is 0.373 e. The number of fused-ring (bicyclic) bond motifs is 2. The SMILES string of the molecule is NCC12COC(CO1)C2. The molecule has 3 nitrogen and oxygen atoms in total. The summed E-state index contributed by atoms with van der Waals surface area (Å²) in [4.78, 5) is 0. The van der Waals surface area contributed by atoms with Crippen molar-refractivity contribution >= 4 is 0 Å². The van der Waals surface area contributed by atoms with E-state index in [0.29, 0.717) is 19.3 Å². The minimum atomic E-state index is -0.0926. The molecule has 2 rings (SSSR count). The Morgan fingerprint density at radius 3 is 2.78 bits per heavy atom. The summed E-state index contributed by atoms with van der Waals surface area (Å²) >= 11 is 0. The second kappa shape index (κ2) is 1.68. The molecule has 0 aromatic carbocycles. The van der Waals surface area contributed by atoms with E-state index in [4.69, 9.17) is 15.2 Å². The molecule has 2 heterocycles. The van der Waals surface area contributed by atoms with Gasteiger partial charge in [-0.05, 0) is 0 Å². The molecule has 52 valence electrons. The lowest BCUT2D eigenvalue weighted by atomic mass is 10.0. The third-order valence-electron chi connectivity index (χ3n) is 2.13. The smallest absolute Gasteiger partial charge is 0.106 e. The first-order chi connectivity index (χ1) is 4.35. The lowest BCUT2D eigenvalue weighted by Crippen LogP contribution is -2.39. The van der Waals surface area contributed by atoms with Crippen molar-refractivity contribution in [2.75, 3.05) is 19.8 Å². The van der Waals surface area contributed by atoms with Crippen molar-refractivity contribution in [1.29, 1.82) is 0 Å². The molecule has 2 atom stereocenters. The second-order valence-corrected chi connectivity index (χ2v) is 2.84. The third-order valence-corrected chi connectivity index (χ3v) is 2.13. The first kappa shape index (κ1) is 5.65. The third kappa shape index (κ3) is 0.689. The van der Waals surface area contributed by atoms with Crippen LogP contribution in [-0.2, 0) is 9.47 Å². The number of hydrogen-bond acceptors (Lipinski definition) is 3. The maximum absolute atomic E-state index is 5.50. The summed E-state index contributed by atoms with van der Waals surface area (Å²) in [6.45, 7) is 2.05. The molecule has 0 radical (unpaired) electrons. The van der Waals surface area contributed by atoms with Crippen LogP contribution in [0.2, 0.25) is 0 Å². The van der Waals surface area contributed by atoms with Gasteiger partial charge in [0.15, 0.2) is 0 Å². The quantitative estimate of drug-likeness (QED) is 0.519. The fourth-order valence-corrected chi connectivity index (χ4v) is 1.48. The Balaban J connectivity index is 2.13. The van der Waals surface area contributed by atoms with Crippen molar-refractivity contribution in [3.05, 3.63) is 0 Å². The van der Waals surface area contributed by atoms with Gasteiger partial charge in [-0.3, -0.25) is 0 Å². The Kier molecular flexibility index (Phi) is 1.06. The molecule has 0 aromatic rings. The maximum atomic E-state index is 5.50. The number of nitrogens with two attached hydrogens (primary N) is 1. The highest BCUT2D eigenvalue weighted by molar-refractivity contribution is 4.96. The van der Waals surface area contributed by atoms with Gasteiger partial charge in [0.05, 0.1) is 19.3 Å². The van der Waals surface area contributed by atoms with Crippen molar-refractivity contribution < 1.29 is 9.47 Å². The predicted octanol–water partition coefficient (Wildman–Crippen LogP) is -0.497. The van der Waals surface area contributed by atoms with Crippen molar-refractivity contribution in [3.8, 4) is 0 Å². The van der Waals surface area contributed by atoms with Crippen molar-refractivity contribution in [2.45, 2.75) is 18.1 Å². The van der Waals surface area contributed by atoms with E-state index in [-0.39, 0.29) is 5.60 Å². The Morgan fingerprint density at radius 2 is 2.56 bits per heavy atom. The van der Waals surface area contributed by atoms with Crippen molar-refractivity contribution in [1.82, 2.24) is 0 Å².